The first-order valence-corrected chi connectivity index (χ1v) is 9.74. The van der Waals surface area contributed by atoms with Crippen molar-refractivity contribution >= 4 is 39.2 Å². The van der Waals surface area contributed by atoms with Gasteiger partial charge < -0.3 is 10.4 Å². The van der Waals surface area contributed by atoms with Crippen LogP contribution in [0.4, 0.5) is 0 Å². The van der Waals surface area contributed by atoms with E-state index in [4.69, 9.17) is 11.6 Å². The summed E-state index contributed by atoms with van der Waals surface area (Å²) in [5.74, 6) is -0.662. The third-order valence-electron chi connectivity index (χ3n) is 4.23. The molecule has 1 atom stereocenters. The van der Waals surface area contributed by atoms with Gasteiger partial charge in [0, 0.05) is 27.2 Å². The van der Waals surface area contributed by atoms with Gasteiger partial charge in [-0.15, -0.1) is 0 Å². The molecule has 1 unspecified atom stereocenters. The third-order valence-corrected chi connectivity index (χ3v) is 5.01. The van der Waals surface area contributed by atoms with E-state index in [1.54, 1.807) is 72.8 Å². The van der Waals surface area contributed by atoms with Gasteiger partial charge in [-0.05, 0) is 48.0 Å². The lowest BCUT2D eigenvalue weighted by Gasteiger charge is -2.14. The highest BCUT2D eigenvalue weighted by Gasteiger charge is 2.19. The molecule has 0 radical (unpaired) electrons. The molecule has 4 nitrogen and oxygen atoms in total. The summed E-state index contributed by atoms with van der Waals surface area (Å²) in [7, 11) is 0. The molecule has 2 N–H and O–H groups in total. The quantitative estimate of drug-likeness (QED) is 0.522. The zero-order valence-corrected chi connectivity index (χ0v) is 17.1. The van der Waals surface area contributed by atoms with Crippen LogP contribution in [0.15, 0.2) is 77.3 Å². The molecule has 0 aliphatic carbocycles. The minimum Gasteiger partial charge on any atom is -0.387 e. The number of ketones is 1. The van der Waals surface area contributed by atoms with Crippen LogP contribution in [0, 0.1) is 0 Å². The number of aliphatic hydroxyl groups is 1. The van der Waals surface area contributed by atoms with E-state index in [9.17, 15) is 14.7 Å². The molecule has 0 bridgehead atoms. The number of halogens is 2. The van der Waals surface area contributed by atoms with Gasteiger partial charge in [0.15, 0.2) is 5.78 Å². The van der Waals surface area contributed by atoms with Crippen LogP contribution in [0.3, 0.4) is 0 Å². The predicted octanol–water partition coefficient (Wildman–Crippen LogP) is 4.80. The van der Waals surface area contributed by atoms with E-state index >= 15 is 0 Å². The third kappa shape index (κ3) is 4.87. The maximum absolute atomic E-state index is 12.8. The van der Waals surface area contributed by atoms with Crippen LogP contribution < -0.4 is 5.32 Å². The molecule has 0 aliphatic heterocycles. The number of benzene rings is 3. The van der Waals surface area contributed by atoms with Gasteiger partial charge in [0.2, 0.25) is 0 Å². The summed E-state index contributed by atoms with van der Waals surface area (Å²) in [5, 5.41) is 13.5. The highest BCUT2D eigenvalue weighted by atomic mass is 79.9. The van der Waals surface area contributed by atoms with E-state index < -0.39 is 12.0 Å². The molecule has 3 aromatic rings. The topological polar surface area (TPSA) is 66.4 Å². The number of aliphatic hydroxyl groups excluding tert-OH is 1. The first-order chi connectivity index (χ1) is 13.5. The number of carbonyl (C=O) groups is 2. The maximum atomic E-state index is 12.8. The van der Waals surface area contributed by atoms with E-state index in [1.807, 2.05) is 0 Å². The van der Waals surface area contributed by atoms with Gasteiger partial charge in [-0.3, -0.25) is 9.59 Å². The van der Waals surface area contributed by atoms with E-state index in [0.717, 1.165) is 4.47 Å². The van der Waals surface area contributed by atoms with Gasteiger partial charge in [0.25, 0.3) is 5.91 Å². The van der Waals surface area contributed by atoms with Gasteiger partial charge in [-0.2, -0.15) is 0 Å². The van der Waals surface area contributed by atoms with Crippen molar-refractivity contribution in [3.8, 4) is 0 Å². The summed E-state index contributed by atoms with van der Waals surface area (Å²) in [4.78, 5) is 25.5. The van der Waals surface area contributed by atoms with Crippen LogP contribution in [0.25, 0.3) is 0 Å². The van der Waals surface area contributed by atoms with Crippen LogP contribution >= 0.6 is 27.5 Å². The van der Waals surface area contributed by atoms with Crippen molar-refractivity contribution in [3.05, 3.63) is 105 Å². The first kappa shape index (κ1) is 20.3. The number of nitrogens with one attached hydrogen (secondary N) is 1. The fourth-order valence-corrected chi connectivity index (χ4v) is 3.11. The molecule has 0 aromatic heterocycles. The molecule has 142 valence electrons. The fourth-order valence-electron chi connectivity index (χ4n) is 2.72. The van der Waals surface area contributed by atoms with E-state index in [2.05, 4.69) is 21.2 Å². The molecule has 3 rings (SSSR count). The van der Waals surface area contributed by atoms with Gasteiger partial charge in [0.05, 0.1) is 11.7 Å². The molecule has 0 aliphatic rings. The number of amides is 1. The molecular formula is C22H17BrClNO3. The standard InChI is InChI=1S/C22H17BrClNO3/c23-16-9-5-15(6-10-16)21(27)18-3-1-2-4-19(18)22(28)25-13-20(26)14-7-11-17(24)12-8-14/h1-12,20,26H,13H2,(H,25,28). The number of rotatable bonds is 6. The van der Waals surface area contributed by atoms with Gasteiger partial charge in [0.1, 0.15) is 0 Å². The smallest absolute Gasteiger partial charge is 0.252 e. The van der Waals surface area contributed by atoms with Crippen molar-refractivity contribution in [2.45, 2.75) is 6.10 Å². The fraction of sp³-hybridized carbons (Fsp3) is 0.0909. The lowest BCUT2D eigenvalue weighted by molar-refractivity contribution is 0.0908. The second-order valence-corrected chi connectivity index (χ2v) is 7.51. The van der Waals surface area contributed by atoms with Gasteiger partial charge in [-0.1, -0.05) is 57.9 Å². The van der Waals surface area contributed by atoms with Crippen LogP contribution in [0.1, 0.15) is 37.9 Å². The highest BCUT2D eigenvalue weighted by molar-refractivity contribution is 9.10. The normalized spacial score (nSPS) is 11.7. The summed E-state index contributed by atoms with van der Waals surface area (Å²) in [6.07, 6.45) is -0.879. The molecule has 0 fully saturated rings. The Balaban J connectivity index is 1.74. The molecule has 0 spiro atoms. The summed E-state index contributed by atoms with van der Waals surface area (Å²) in [6.45, 7) is 0.0152. The SMILES string of the molecule is O=C(NCC(O)c1ccc(Cl)cc1)c1ccccc1C(=O)c1ccc(Br)cc1. The second kappa shape index (κ2) is 9.15. The average molecular weight is 459 g/mol. The first-order valence-electron chi connectivity index (χ1n) is 8.56. The van der Waals surface area contributed by atoms with Crippen molar-refractivity contribution in [2.24, 2.45) is 0 Å². The zero-order valence-electron chi connectivity index (χ0n) is 14.7. The van der Waals surface area contributed by atoms with Crippen LogP contribution in [-0.4, -0.2) is 23.3 Å². The van der Waals surface area contributed by atoms with Gasteiger partial charge in [-0.25, -0.2) is 0 Å². The van der Waals surface area contributed by atoms with Crippen LogP contribution in [0.5, 0.6) is 0 Å². The summed E-state index contributed by atoms with van der Waals surface area (Å²) in [5.41, 5.74) is 1.70. The van der Waals surface area contributed by atoms with E-state index in [1.165, 1.54) is 0 Å². The Morgan fingerprint density at radius 2 is 1.54 bits per heavy atom. The molecule has 6 heteroatoms. The van der Waals surface area contributed by atoms with Crippen molar-refractivity contribution in [2.75, 3.05) is 6.54 Å². The van der Waals surface area contributed by atoms with E-state index in [-0.39, 0.29) is 17.9 Å². The Hall–Kier alpha value is -2.47. The zero-order chi connectivity index (χ0) is 20.1. The Bertz CT molecular complexity index is 987. The van der Waals surface area contributed by atoms with Crippen molar-refractivity contribution in [3.63, 3.8) is 0 Å². The molecule has 1 amide bonds. The van der Waals surface area contributed by atoms with Crippen molar-refractivity contribution in [1.82, 2.24) is 5.32 Å². The summed E-state index contributed by atoms with van der Waals surface area (Å²) < 4.78 is 0.867. The molecular weight excluding hydrogens is 442 g/mol. The predicted molar refractivity (Wildman–Crippen MR) is 113 cm³/mol. The minimum absolute atomic E-state index is 0.0152. The summed E-state index contributed by atoms with van der Waals surface area (Å²) in [6, 6.07) is 20.3. The molecule has 0 heterocycles. The summed E-state index contributed by atoms with van der Waals surface area (Å²) >= 11 is 9.18. The van der Waals surface area contributed by atoms with Crippen molar-refractivity contribution in [1.29, 1.82) is 0 Å². The Morgan fingerprint density at radius 3 is 2.18 bits per heavy atom. The number of hydrogen-bond donors (Lipinski definition) is 2. The monoisotopic (exact) mass is 457 g/mol. The Morgan fingerprint density at radius 1 is 0.929 bits per heavy atom. The van der Waals surface area contributed by atoms with Crippen LogP contribution in [0.2, 0.25) is 5.02 Å². The second-order valence-electron chi connectivity index (χ2n) is 6.16. The maximum Gasteiger partial charge on any atom is 0.252 e. The molecule has 3 aromatic carbocycles. The lowest BCUT2D eigenvalue weighted by atomic mass is 9.98. The number of hydrogen-bond acceptors (Lipinski definition) is 3. The van der Waals surface area contributed by atoms with Crippen molar-refractivity contribution < 1.29 is 14.7 Å². The van der Waals surface area contributed by atoms with Crippen LogP contribution in [-0.2, 0) is 0 Å². The molecule has 0 saturated heterocycles. The number of carbonyl (C=O) groups excluding carboxylic acids is 2. The van der Waals surface area contributed by atoms with E-state index in [0.29, 0.717) is 21.7 Å². The Kier molecular flexibility index (Phi) is 6.62. The lowest BCUT2D eigenvalue weighted by Crippen LogP contribution is -2.29. The Labute approximate surface area is 176 Å². The van der Waals surface area contributed by atoms with Gasteiger partial charge >= 0.3 is 0 Å². The highest BCUT2D eigenvalue weighted by Crippen LogP contribution is 2.19. The largest absolute Gasteiger partial charge is 0.387 e. The minimum atomic E-state index is -0.879. The molecule has 0 saturated carbocycles. The average Bonchev–Trinajstić information content (AvgIpc) is 2.72. The molecule has 28 heavy (non-hydrogen) atoms.